The number of hydrogen-bond donors (Lipinski definition) is 1. The third kappa shape index (κ3) is 2.79. The van der Waals surface area contributed by atoms with Gasteiger partial charge in [0, 0.05) is 22.7 Å². The molecule has 1 aromatic heterocycles. The highest BCUT2D eigenvalue weighted by Gasteiger charge is 2.31. The van der Waals surface area contributed by atoms with Gasteiger partial charge >= 0.3 is 0 Å². The first-order valence-corrected chi connectivity index (χ1v) is 7.01. The molecule has 0 saturated carbocycles. The normalized spacial score (nSPS) is 14.4. The summed E-state index contributed by atoms with van der Waals surface area (Å²) in [6, 6.07) is 13.3. The van der Waals surface area contributed by atoms with Crippen LogP contribution in [-0.2, 0) is 18.5 Å². The number of halogens is 1. The van der Waals surface area contributed by atoms with Crippen LogP contribution in [0.2, 0.25) is 0 Å². The molecular formula is C15H18FNS. The van der Waals surface area contributed by atoms with Crippen molar-refractivity contribution in [1.82, 2.24) is 0 Å². The Bertz CT molecular complexity index is 494. The van der Waals surface area contributed by atoms with Crippen LogP contribution in [0.4, 0.5) is 4.39 Å². The summed E-state index contributed by atoms with van der Waals surface area (Å²) in [5.74, 6) is 0. The van der Waals surface area contributed by atoms with Crippen LogP contribution in [-0.4, -0.2) is 6.54 Å². The fourth-order valence-corrected chi connectivity index (χ4v) is 3.07. The molecule has 0 bridgehead atoms. The molecule has 2 aromatic rings. The second-order valence-corrected chi connectivity index (χ2v) is 5.69. The number of nitrogens with two attached hydrogens (primary N) is 1. The number of benzene rings is 1. The van der Waals surface area contributed by atoms with Gasteiger partial charge in [0.15, 0.2) is 5.67 Å². The lowest BCUT2D eigenvalue weighted by molar-refractivity contribution is 0.176. The number of aryl methyl sites for hydroxylation is 1. The Labute approximate surface area is 111 Å². The fraction of sp³-hybridized carbons (Fsp3) is 0.333. The highest BCUT2D eigenvalue weighted by Crippen LogP contribution is 2.31. The predicted molar refractivity (Wildman–Crippen MR) is 75.7 cm³/mol. The Morgan fingerprint density at radius 3 is 2.33 bits per heavy atom. The van der Waals surface area contributed by atoms with Gasteiger partial charge in [0.1, 0.15) is 0 Å². The zero-order valence-corrected chi connectivity index (χ0v) is 11.3. The Balaban J connectivity index is 2.23. The first-order valence-electron chi connectivity index (χ1n) is 6.20. The highest BCUT2D eigenvalue weighted by atomic mass is 32.1. The van der Waals surface area contributed by atoms with E-state index in [0.717, 1.165) is 11.3 Å². The van der Waals surface area contributed by atoms with Gasteiger partial charge in [-0.25, -0.2) is 4.39 Å². The average Bonchev–Trinajstić information content (AvgIpc) is 2.87. The molecule has 0 aliphatic heterocycles. The molecule has 2 N–H and O–H groups in total. The molecular weight excluding hydrogens is 245 g/mol. The summed E-state index contributed by atoms with van der Waals surface area (Å²) in [5.41, 5.74) is 4.86. The number of thiophene rings is 1. The van der Waals surface area contributed by atoms with Crippen molar-refractivity contribution in [2.24, 2.45) is 5.73 Å². The summed E-state index contributed by atoms with van der Waals surface area (Å²) in [6.07, 6.45) is 1.36. The second-order valence-electron chi connectivity index (χ2n) is 4.43. The van der Waals surface area contributed by atoms with Gasteiger partial charge in [-0.1, -0.05) is 37.3 Å². The van der Waals surface area contributed by atoms with E-state index in [1.54, 1.807) is 23.5 Å². The van der Waals surface area contributed by atoms with Crippen molar-refractivity contribution in [3.63, 3.8) is 0 Å². The van der Waals surface area contributed by atoms with Crippen molar-refractivity contribution >= 4 is 11.3 Å². The predicted octanol–water partition coefficient (Wildman–Crippen LogP) is 3.68. The van der Waals surface area contributed by atoms with E-state index in [1.807, 2.05) is 24.3 Å². The van der Waals surface area contributed by atoms with E-state index < -0.39 is 5.67 Å². The van der Waals surface area contributed by atoms with Crippen molar-refractivity contribution in [3.8, 4) is 0 Å². The van der Waals surface area contributed by atoms with Gasteiger partial charge < -0.3 is 5.73 Å². The molecule has 0 radical (unpaired) electrons. The number of alkyl halides is 1. The lowest BCUT2D eigenvalue weighted by atomic mass is 9.92. The van der Waals surface area contributed by atoms with Gasteiger partial charge in [0.05, 0.1) is 0 Å². The van der Waals surface area contributed by atoms with E-state index >= 15 is 0 Å². The van der Waals surface area contributed by atoms with Gasteiger partial charge in [-0.15, -0.1) is 11.3 Å². The molecule has 0 spiro atoms. The lowest BCUT2D eigenvalue weighted by Crippen LogP contribution is -2.32. The van der Waals surface area contributed by atoms with Crippen LogP contribution in [0.5, 0.6) is 0 Å². The maximum absolute atomic E-state index is 14.9. The third-order valence-corrected chi connectivity index (χ3v) is 4.36. The van der Waals surface area contributed by atoms with Gasteiger partial charge in [-0.05, 0) is 24.1 Å². The molecule has 0 saturated heterocycles. The van der Waals surface area contributed by atoms with Crippen LogP contribution < -0.4 is 5.73 Å². The minimum Gasteiger partial charge on any atom is -0.327 e. The summed E-state index contributed by atoms with van der Waals surface area (Å²) in [7, 11) is 0. The van der Waals surface area contributed by atoms with Crippen LogP contribution >= 0.6 is 11.3 Å². The SMILES string of the molecule is CCc1ccc(CC(F)(CN)c2ccccc2)s1. The third-order valence-electron chi connectivity index (χ3n) is 3.13. The Hall–Kier alpha value is -1.19. The van der Waals surface area contributed by atoms with Crippen LogP contribution in [0.15, 0.2) is 42.5 Å². The summed E-state index contributed by atoms with van der Waals surface area (Å²) in [6.45, 7) is 2.12. The lowest BCUT2D eigenvalue weighted by Gasteiger charge is -2.23. The average molecular weight is 263 g/mol. The van der Waals surface area contributed by atoms with Crippen LogP contribution in [0.1, 0.15) is 22.2 Å². The summed E-state index contributed by atoms with van der Waals surface area (Å²) < 4.78 is 14.9. The first kappa shape index (κ1) is 13.2. The smallest absolute Gasteiger partial charge is 0.152 e. The minimum absolute atomic E-state index is 0.0103. The summed E-state index contributed by atoms with van der Waals surface area (Å²) in [4.78, 5) is 2.35. The Kier molecular flexibility index (Phi) is 4.15. The van der Waals surface area contributed by atoms with Gasteiger partial charge in [0.25, 0.3) is 0 Å². The molecule has 0 aliphatic rings. The largest absolute Gasteiger partial charge is 0.327 e. The van der Waals surface area contributed by atoms with Gasteiger partial charge in [0.2, 0.25) is 0 Å². The van der Waals surface area contributed by atoms with Crippen molar-refractivity contribution in [2.75, 3.05) is 6.54 Å². The molecule has 3 heteroatoms. The van der Waals surface area contributed by atoms with Crippen LogP contribution in [0.3, 0.4) is 0 Å². The maximum Gasteiger partial charge on any atom is 0.152 e. The molecule has 1 heterocycles. The van der Waals surface area contributed by atoms with Crippen LogP contribution in [0.25, 0.3) is 0 Å². The summed E-state index contributed by atoms with van der Waals surface area (Å²) in [5, 5.41) is 0. The van der Waals surface area contributed by atoms with Gasteiger partial charge in [-0.3, -0.25) is 0 Å². The Morgan fingerprint density at radius 1 is 1.11 bits per heavy atom. The zero-order valence-electron chi connectivity index (χ0n) is 10.5. The molecule has 0 fully saturated rings. The molecule has 18 heavy (non-hydrogen) atoms. The summed E-state index contributed by atoms with van der Waals surface area (Å²) >= 11 is 1.67. The fourth-order valence-electron chi connectivity index (χ4n) is 2.01. The molecule has 1 unspecified atom stereocenters. The molecule has 1 aromatic carbocycles. The first-order chi connectivity index (χ1) is 8.68. The van der Waals surface area contributed by atoms with E-state index in [4.69, 9.17) is 5.73 Å². The van der Waals surface area contributed by atoms with Crippen LogP contribution in [0, 0.1) is 0 Å². The molecule has 1 atom stereocenters. The van der Waals surface area contributed by atoms with Crippen molar-refractivity contribution in [2.45, 2.75) is 25.4 Å². The Morgan fingerprint density at radius 2 is 1.78 bits per heavy atom. The molecule has 0 aliphatic carbocycles. The maximum atomic E-state index is 14.9. The van der Waals surface area contributed by atoms with E-state index in [2.05, 4.69) is 13.0 Å². The van der Waals surface area contributed by atoms with E-state index in [-0.39, 0.29) is 6.54 Å². The molecule has 1 nitrogen and oxygen atoms in total. The van der Waals surface area contributed by atoms with Gasteiger partial charge in [-0.2, -0.15) is 0 Å². The number of hydrogen-bond acceptors (Lipinski definition) is 2. The molecule has 0 amide bonds. The monoisotopic (exact) mass is 263 g/mol. The molecule has 96 valence electrons. The van der Waals surface area contributed by atoms with E-state index in [9.17, 15) is 4.39 Å². The standard InChI is InChI=1S/C15H18FNS/c1-2-13-8-9-14(18-13)10-15(16,11-17)12-6-4-3-5-7-12/h3-9H,2,10-11,17H2,1H3. The quantitative estimate of drug-likeness (QED) is 0.875. The van der Waals surface area contributed by atoms with E-state index in [1.165, 1.54) is 4.88 Å². The second kappa shape index (κ2) is 5.63. The van der Waals surface area contributed by atoms with Crippen molar-refractivity contribution in [3.05, 3.63) is 57.8 Å². The highest BCUT2D eigenvalue weighted by molar-refractivity contribution is 7.12. The van der Waals surface area contributed by atoms with Crippen molar-refractivity contribution < 1.29 is 4.39 Å². The van der Waals surface area contributed by atoms with E-state index in [0.29, 0.717) is 12.0 Å². The van der Waals surface area contributed by atoms with Crippen molar-refractivity contribution in [1.29, 1.82) is 0 Å². The molecule has 2 rings (SSSR count). The zero-order chi connectivity index (χ0) is 13.0. The minimum atomic E-state index is -1.46. The number of rotatable bonds is 5. The topological polar surface area (TPSA) is 26.0 Å².